The van der Waals surface area contributed by atoms with Crippen molar-refractivity contribution in [2.24, 2.45) is 0 Å². The van der Waals surface area contributed by atoms with Crippen LogP contribution in [0, 0.1) is 0 Å². The van der Waals surface area contributed by atoms with E-state index in [0.29, 0.717) is 12.7 Å². The fourth-order valence-electron chi connectivity index (χ4n) is 1.54. The molecule has 0 spiro atoms. The maximum atomic E-state index is 5.72. The second kappa shape index (κ2) is 4.90. The van der Waals surface area contributed by atoms with Gasteiger partial charge in [0.1, 0.15) is 18.5 Å². The maximum absolute atomic E-state index is 5.72. The average molecular weight is 224 g/mol. The zero-order chi connectivity index (χ0) is 10.7. The largest absolute Gasteiger partial charge is 0.490 e. The zero-order valence-electron chi connectivity index (χ0n) is 8.90. The molecule has 1 aromatic carbocycles. The third-order valence-corrected chi connectivity index (χ3v) is 2.85. The fraction of sp³-hybridized carbons (Fsp3) is 0.500. The molecule has 1 unspecified atom stereocenters. The summed E-state index contributed by atoms with van der Waals surface area (Å²) in [5, 5.41) is 0. The van der Waals surface area contributed by atoms with Gasteiger partial charge < -0.3 is 9.47 Å². The minimum atomic E-state index is 0.308. The van der Waals surface area contributed by atoms with Gasteiger partial charge in [0.15, 0.2) is 0 Å². The molecule has 0 bridgehead atoms. The molecule has 0 aliphatic carbocycles. The molecular weight excluding hydrogens is 208 g/mol. The van der Waals surface area contributed by atoms with Gasteiger partial charge in [0.05, 0.1) is 6.61 Å². The van der Waals surface area contributed by atoms with E-state index in [1.54, 1.807) is 0 Å². The number of hydrogen-bond acceptors (Lipinski definition) is 3. The van der Waals surface area contributed by atoms with Crippen LogP contribution in [0.15, 0.2) is 23.1 Å². The summed E-state index contributed by atoms with van der Waals surface area (Å²) in [7, 11) is 0. The third kappa shape index (κ3) is 2.89. The molecule has 0 radical (unpaired) electrons. The lowest BCUT2D eigenvalue weighted by Gasteiger charge is -2.11. The summed E-state index contributed by atoms with van der Waals surface area (Å²) in [4.78, 5) is 1.02. The normalized spacial score (nSPS) is 18.9. The Morgan fingerprint density at radius 3 is 3.00 bits per heavy atom. The van der Waals surface area contributed by atoms with Crippen LogP contribution in [0.3, 0.4) is 0 Å². The molecule has 2 nitrogen and oxygen atoms in total. The zero-order valence-corrected chi connectivity index (χ0v) is 9.80. The maximum Gasteiger partial charge on any atom is 0.123 e. The Balaban J connectivity index is 2.08. The highest BCUT2D eigenvalue weighted by atomic mass is 32.1. The van der Waals surface area contributed by atoms with Crippen LogP contribution >= 0.6 is 12.6 Å². The lowest BCUT2D eigenvalue weighted by Crippen LogP contribution is -2.06. The summed E-state index contributed by atoms with van der Waals surface area (Å²) in [6.07, 6.45) is 2.43. The van der Waals surface area contributed by atoms with Crippen LogP contribution in [0.5, 0.6) is 5.75 Å². The number of ether oxygens (including phenoxy) is 2. The molecule has 0 amide bonds. The van der Waals surface area contributed by atoms with E-state index in [1.165, 1.54) is 5.56 Å². The van der Waals surface area contributed by atoms with Crippen molar-refractivity contribution >= 4 is 12.6 Å². The molecule has 1 heterocycles. The highest BCUT2D eigenvalue weighted by Gasteiger charge is 2.23. The second-order valence-electron chi connectivity index (χ2n) is 3.77. The summed E-state index contributed by atoms with van der Waals surface area (Å²) < 4.78 is 10.8. The Hall–Kier alpha value is -0.670. The molecule has 1 aliphatic heterocycles. The van der Waals surface area contributed by atoms with Crippen molar-refractivity contribution in [2.75, 3.05) is 13.2 Å². The summed E-state index contributed by atoms with van der Waals surface area (Å²) in [5.41, 5.74) is 1.21. The molecular formula is C12H16O2S. The summed E-state index contributed by atoms with van der Waals surface area (Å²) in [6, 6.07) is 5.99. The third-order valence-electron chi connectivity index (χ3n) is 2.44. The average Bonchev–Trinajstić information content (AvgIpc) is 3.03. The predicted octanol–water partition coefficient (Wildman–Crippen LogP) is 2.71. The van der Waals surface area contributed by atoms with E-state index in [1.807, 2.05) is 18.2 Å². The van der Waals surface area contributed by atoms with Gasteiger partial charge in [-0.25, -0.2) is 0 Å². The Labute approximate surface area is 96.0 Å². The first-order valence-electron chi connectivity index (χ1n) is 5.36. The molecule has 2 rings (SSSR count). The van der Waals surface area contributed by atoms with Gasteiger partial charge in [0.2, 0.25) is 0 Å². The second-order valence-corrected chi connectivity index (χ2v) is 4.25. The molecule has 1 fully saturated rings. The summed E-state index contributed by atoms with van der Waals surface area (Å²) >= 11 is 4.45. The first-order chi connectivity index (χ1) is 7.31. The highest BCUT2D eigenvalue weighted by molar-refractivity contribution is 7.80. The van der Waals surface area contributed by atoms with Gasteiger partial charge in [-0.3, -0.25) is 0 Å². The first kappa shape index (κ1) is 10.8. The van der Waals surface area contributed by atoms with Crippen LogP contribution in [-0.2, 0) is 11.2 Å². The van der Waals surface area contributed by atoms with E-state index in [0.717, 1.165) is 30.1 Å². The minimum absolute atomic E-state index is 0.308. The SMILES string of the molecule is CCCc1c(S)cccc1OCC1CO1. The van der Waals surface area contributed by atoms with Gasteiger partial charge in [0.25, 0.3) is 0 Å². The van der Waals surface area contributed by atoms with Crippen LogP contribution in [0.25, 0.3) is 0 Å². The van der Waals surface area contributed by atoms with Crippen LogP contribution in [0.2, 0.25) is 0 Å². The number of epoxide rings is 1. The van der Waals surface area contributed by atoms with Crippen molar-refractivity contribution in [3.8, 4) is 5.75 Å². The Kier molecular flexibility index (Phi) is 3.54. The summed E-state index contributed by atoms with van der Waals surface area (Å²) in [6.45, 7) is 3.66. The quantitative estimate of drug-likeness (QED) is 0.613. The number of benzene rings is 1. The smallest absolute Gasteiger partial charge is 0.123 e. The van der Waals surface area contributed by atoms with Crippen molar-refractivity contribution in [2.45, 2.75) is 30.8 Å². The van der Waals surface area contributed by atoms with Crippen molar-refractivity contribution in [1.82, 2.24) is 0 Å². The van der Waals surface area contributed by atoms with E-state index in [4.69, 9.17) is 9.47 Å². The number of rotatable bonds is 5. The van der Waals surface area contributed by atoms with E-state index in [2.05, 4.69) is 19.6 Å². The molecule has 1 aliphatic rings. The van der Waals surface area contributed by atoms with Gasteiger partial charge in [-0.05, 0) is 18.6 Å². The first-order valence-corrected chi connectivity index (χ1v) is 5.81. The molecule has 82 valence electrons. The fourth-order valence-corrected chi connectivity index (χ4v) is 1.85. The van der Waals surface area contributed by atoms with Gasteiger partial charge in [-0.15, -0.1) is 12.6 Å². The molecule has 3 heteroatoms. The van der Waals surface area contributed by atoms with Crippen LogP contribution < -0.4 is 4.74 Å². The van der Waals surface area contributed by atoms with E-state index in [-0.39, 0.29) is 0 Å². The molecule has 15 heavy (non-hydrogen) atoms. The van der Waals surface area contributed by atoms with Gasteiger partial charge in [0, 0.05) is 10.5 Å². The molecule has 0 saturated carbocycles. The molecule has 0 N–H and O–H groups in total. The van der Waals surface area contributed by atoms with Crippen molar-refractivity contribution in [1.29, 1.82) is 0 Å². The lowest BCUT2D eigenvalue weighted by atomic mass is 10.1. The van der Waals surface area contributed by atoms with Gasteiger partial charge in [-0.1, -0.05) is 19.4 Å². The number of thiol groups is 1. The highest BCUT2D eigenvalue weighted by Crippen LogP contribution is 2.27. The topological polar surface area (TPSA) is 21.8 Å². The molecule has 1 aromatic rings. The Morgan fingerprint density at radius 1 is 1.53 bits per heavy atom. The predicted molar refractivity (Wildman–Crippen MR) is 62.9 cm³/mol. The van der Waals surface area contributed by atoms with Crippen LogP contribution in [0.1, 0.15) is 18.9 Å². The minimum Gasteiger partial charge on any atom is -0.490 e. The van der Waals surface area contributed by atoms with Crippen molar-refractivity contribution < 1.29 is 9.47 Å². The monoisotopic (exact) mass is 224 g/mol. The van der Waals surface area contributed by atoms with Gasteiger partial charge in [-0.2, -0.15) is 0 Å². The van der Waals surface area contributed by atoms with Crippen molar-refractivity contribution in [3.63, 3.8) is 0 Å². The van der Waals surface area contributed by atoms with E-state index < -0.39 is 0 Å². The standard InChI is InChI=1S/C12H16O2S/c1-2-4-10-11(5-3-6-12(10)15)14-8-9-7-13-9/h3,5-6,9,15H,2,4,7-8H2,1H3. The van der Waals surface area contributed by atoms with E-state index >= 15 is 0 Å². The van der Waals surface area contributed by atoms with Crippen molar-refractivity contribution in [3.05, 3.63) is 23.8 Å². The molecule has 1 saturated heterocycles. The lowest BCUT2D eigenvalue weighted by molar-refractivity contribution is 0.260. The number of hydrogen-bond donors (Lipinski definition) is 1. The Bertz CT molecular complexity index is 334. The van der Waals surface area contributed by atoms with Crippen LogP contribution in [0.4, 0.5) is 0 Å². The molecule has 0 aromatic heterocycles. The van der Waals surface area contributed by atoms with E-state index in [9.17, 15) is 0 Å². The van der Waals surface area contributed by atoms with Gasteiger partial charge >= 0.3 is 0 Å². The molecule has 1 atom stereocenters. The summed E-state index contributed by atoms with van der Waals surface area (Å²) in [5.74, 6) is 0.958. The van der Waals surface area contributed by atoms with Crippen LogP contribution in [-0.4, -0.2) is 19.3 Å². The Morgan fingerprint density at radius 2 is 2.33 bits per heavy atom.